The Bertz CT molecular complexity index is 3060. The maximum Gasteiger partial charge on any atom is 0.185 e. The van der Waals surface area contributed by atoms with Crippen molar-refractivity contribution in [1.82, 2.24) is 15.0 Å². The first-order valence-electron chi connectivity index (χ1n) is 21.2. The molecule has 1 aromatic heterocycles. The van der Waals surface area contributed by atoms with E-state index in [9.17, 15) is 0 Å². The van der Waals surface area contributed by atoms with E-state index in [0.29, 0.717) is 17.5 Å². The van der Waals surface area contributed by atoms with Gasteiger partial charge in [-0.25, -0.2) is 15.0 Å². The summed E-state index contributed by atoms with van der Waals surface area (Å²) in [5, 5.41) is 0. The maximum atomic E-state index is 7.32. The fourth-order valence-corrected chi connectivity index (χ4v) is 8.95. The third-order valence-electron chi connectivity index (χ3n) is 12.0. The zero-order chi connectivity index (χ0) is 41.3. The first-order chi connectivity index (χ1) is 30.7. The lowest BCUT2D eigenvalue weighted by atomic mass is 9.74. The van der Waals surface area contributed by atoms with E-state index in [0.717, 1.165) is 79.8 Å². The Labute approximate surface area is 362 Å². The molecule has 0 amide bonds. The number of ether oxygens (including phenoxy) is 1. The third-order valence-corrected chi connectivity index (χ3v) is 12.0. The van der Waals surface area contributed by atoms with Crippen molar-refractivity contribution in [2.75, 3.05) is 0 Å². The molecule has 9 aromatic rings. The van der Waals surface area contributed by atoms with Gasteiger partial charge >= 0.3 is 0 Å². The minimum atomic E-state index is -0.824. The summed E-state index contributed by atoms with van der Waals surface area (Å²) in [5.41, 5.74) is 14.3. The fraction of sp³-hybridized carbons (Fsp3) is 0.0517. The summed E-state index contributed by atoms with van der Waals surface area (Å²) in [5.74, 6) is 2.71. The highest BCUT2D eigenvalue weighted by atomic mass is 16.5. The van der Waals surface area contributed by atoms with E-state index in [1.54, 1.807) is 0 Å². The van der Waals surface area contributed by atoms with Crippen molar-refractivity contribution in [3.8, 4) is 73.3 Å². The molecule has 294 valence electrons. The van der Waals surface area contributed by atoms with Crippen LogP contribution in [0.1, 0.15) is 35.1 Å². The number of hydrogen-bond acceptors (Lipinski definition) is 4. The van der Waals surface area contributed by atoms with Gasteiger partial charge in [0.05, 0.1) is 0 Å². The second kappa shape index (κ2) is 15.9. The highest BCUT2D eigenvalue weighted by molar-refractivity contribution is 5.92. The average molecular weight is 796 g/mol. The molecule has 4 nitrogen and oxygen atoms in total. The molecular formula is C58H41N3O. The van der Waals surface area contributed by atoms with Crippen molar-refractivity contribution >= 4 is 5.57 Å². The van der Waals surface area contributed by atoms with E-state index in [2.05, 4.69) is 218 Å². The van der Waals surface area contributed by atoms with E-state index >= 15 is 0 Å². The normalized spacial score (nSPS) is 13.6. The molecule has 0 radical (unpaired) electrons. The van der Waals surface area contributed by atoms with E-state index < -0.39 is 5.60 Å². The number of nitrogens with zero attached hydrogens (tertiary/aromatic N) is 3. The Morgan fingerprint density at radius 1 is 0.371 bits per heavy atom. The number of rotatable bonds is 8. The summed E-state index contributed by atoms with van der Waals surface area (Å²) >= 11 is 0. The summed E-state index contributed by atoms with van der Waals surface area (Å²) in [6.45, 7) is 0. The molecule has 8 aromatic carbocycles. The monoisotopic (exact) mass is 795 g/mol. The lowest BCUT2D eigenvalue weighted by Crippen LogP contribution is -2.38. The topological polar surface area (TPSA) is 47.9 Å². The zero-order valence-electron chi connectivity index (χ0n) is 34.0. The van der Waals surface area contributed by atoms with Crippen LogP contribution in [0.5, 0.6) is 5.75 Å². The summed E-state index contributed by atoms with van der Waals surface area (Å²) in [6, 6.07) is 72.2. The highest BCUT2D eigenvalue weighted by Crippen LogP contribution is 2.54. The number of aromatic nitrogens is 3. The van der Waals surface area contributed by atoms with Gasteiger partial charge in [-0.1, -0.05) is 218 Å². The Hall–Kier alpha value is -7.95. The Morgan fingerprint density at radius 2 is 0.839 bits per heavy atom. The van der Waals surface area contributed by atoms with Crippen LogP contribution in [0.2, 0.25) is 0 Å². The van der Waals surface area contributed by atoms with Crippen LogP contribution in [-0.2, 0) is 5.60 Å². The van der Waals surface area contributed by atoms with E-state index in [4.69, 9.17) is 19.7 Å². The number of fused-ring (bicyclic) bond motifs is 3. The molecule has 2 aliphatic rings. The maximum absolute atomic E-state index is 7.32. The van der Waals surface area contributed by atoms with Gasteiger partial charge in [-0.2, -0.15) is 0 Å². The largest absolute Gasteiger partial charge is 0.472 e. The Kier molecular flexibility index (Phi) is 9.51. The van der Waals surface area contributed by atoms with Gasteiger partial charge in [-0.15, -0.1) is 0 Å². The number of allylic oxidation sites excluding steroid dienone is 4. The first-order valence-corrected chi connectivity index (χ1v) is 21.2. The molecule has 4 heteroatoms. The minimum absolute atomic E-state index is 0.616. The second-order valence-corrected chi connectivity index (χ2v) is 15.8. The molecule has 0 unspecified atom stereocenters. The smallest absolute Gasteiger partial charge is 0.185 e. The van der Waals surface area contributed by atoms with Crippen LogP contribution in [0.3, 0.4) is 0 Å². The van der Waals surface area contributed by atoms with Crippen molar-refractivity contribution in [1.29, 1.82) is 0 Å². The zero-order valence-corrected chi connectivity index (χ0v) is 34.0. The van der Waals surface area contributed by atoms with Crippen LogP contribution in [0.25, 0.3) is 73.1 Å². The quantitative estimate of drug-likeness (QED) is 0.154. The molecule has 2 heterocycles. The molecule has 62 heavy (non-hydrogen) atoms. The van der Waals surface area contributed by atoms with Crippen molar-refractivity contribution in [2.24, 2.45) is 0 Å². The van der Waals surface area contributed by atoms with Gasteiger partial charge in [-0.3, -0.25) is 0 Å². The van der Waals surface area contributed by atoms with E-state index in [-0.39, 0.29) is 0 Å². The predicted molar refractivity (Wildman–Crippen MR) is 252 cm³/mol. The number of hydrogen-bond donors (Lipinski definition) is 0. The van der Waals surface area contributed by atoms with Crippen LogP contribution in [-0.4, -0.2) is 15.0 Å². The van der Waals surface area contributed by atoms with Crippen LogP contribution in [0.4, 0.5) is 0 Å². The lowest BCUT2D eigenvalue weighted by Gasteiger charge is -2.42. The third kappa shape index (κ3) is 6.72. The van der Waals surface area contributed by atoms with Crippen LogP contribution >= 0.6 is 0 Å². The van der Waals surface area contributed by atoms with Gasteiger partial charge in [0.2, 0.25) is 0 Å². The molecule has 0 atom stereocenters. The van der Waals surface area contributed by atoms with Crippen molar-refractivity contribution < 1.29 is 4.74 Å². The average Bonchev–Trinajstić information content (AvgIpc) is 3.37. The van der Waals surface area contributed by atoms with E-state index in [1.165, 1.54) is 16.7 Å². The van der Waals surface area contributed by atoms with Crippen LogP contribution < -0.4 is 4.74 Å². The summed E-state index contributed by atoms with van der Waals surface area (Å²) in [4.78, 5) is 15.3. The highest BCUT2D eigenvalue weighted by Gasteiger charge is 2.44. The minimum Gasteiger partial charge on any atom is -0.472 e. The fourth-order valence-electron chi connectivity index (χ4n) is 8.95. The molecule has 0 spiro atoms. The molecule has 0 saturated carbocycles. The molecule has 1 aliphatic heterocycles. The molecular weight excluding hydrogens is 755 g/mol. The van der Waals surface area contributed by atoms with Gasteiger partial charge in [0, 0.05) is 38.9 Å². The molecule has 0 saturated heterocycles. The summed E-state index contributed by atoms with van der Waals surface area (Å²) in [7, 11) is 0. The van der Waals surface area contributed by atoms with Gasteiger partial charge < -0.3 is 4.74 Å². The number of benzene rings is 8. The van der Waals surface area contributed by atoms with Gasteiger partial charge in [0.15, 0.2) is 23.1 Å². The van der Waals surface area contributed by atoms with Gasteiger partial charge in [-0.05, 0) is 57.9 Å². The SMILES string of the molecule is C1=CC(c2ccc(-c3nc(-c4ccc(-c5ccccc5)cc4)nc(-c4ccc(-c5cccc6c5-c5ccccc5C(c5ccccc5)(c5ccccc5)O6)cc4)n3)cc2)=CCC1. The van der Waals surface area contributed by atoms with Crippen LogP contribution in [0, 0.1) is 0 Å². The lowest BCUT2D eigenvalue weighted by molar-refractivity contribution is 0.152. The standard InChI is InChI=1S/C58H41N3O/c1-5-16-40(17-6-1)42-28-34-45(35-29-42)55-59-56(46-36-30-43(31-37-46)41-18-7-2-8-19-41)61-57(60-55)47-38-32-44(33-39-47)50-25-15-27-53-54(50)51-24-13-14-26-52(51)58(62-53,48-20-9-3-10-21-48)49-22-11-4-12-23-49/h1,3-7,9-39H,2,8H2. The van der Waals surface area contributed by atoms with Gasteiger partial charge in [0.25, 0.3) is 0 Å². The Morgan fingerprint density at radius 3 is 1.40 bits per heavy atom. The van der Waals surface area contributed by atoms with E-state index in [1.807, 2.05) is 6.07 Å². The molecule has 0 bridgehead atoms. The predicted octanol–water partition coefficient (Wildman–Crippen LogP) is 14.3. The first kappa shape index (κ1) is 37.1. The van der Waals surface area contributed by atoms with Crippen molar-refractivity contribution in [3.05, 3.63) is 247 Å². The molecule has 1 aliphatic carbocycles. The van der Waals surface area contributed by atoms with Gasteiger partial charge in [0.1, 0.15) is 5.75 Å². The molecule has 0 fully saturated rings. The summed E-state index contributed by atoms with van der Waals surface area (Å²) in [6.07, 6.45) is 8.90. The van der Waals surface area contributed by atoms with Crippen molar-refractivity contribution in [2.45, 2.75) is 18.4 Å². The molecule has 0 N–H and O–H groups in total. The van der Waals surface area contributed by atoms with Crippen LogP contribution in [0.15, 0.2) is 224 Å². The second-order valence-electron chi connectivity index (χ2n) is 15.8. The Balaban J connectivity index is 0.989. The summed E-state index contributed by atoms with van der Waals surface area (Å²) < 4.78 is 7.32. The molecule has 11 rings (SSSR count). The van der Waals surface area contributed by atoms with Crippen molar-refractivity contribution in [3.63, 3.8) is 0 Å².